The summed E-state index contributed by atoms with van der Waals surface area (Å²) in [6, 6.07) is 3.95. The number of carbonyl (C=O) groups is 2. The fourth-order valence-corrected chi connectivity index (χ4v) is 3.22. The number of carbonyl (C=O) groups excluding carboxylic acids is 2. The smallest absolute Gasteiger partial charge is 0.363 e. The third-order valence-electron chi connectivity index (χ3n) is 4.14. The van der Waals surface area contributed by atoms with E-state index in [9.17, 15) is 22.8 Å². The first-order chi connectivity index (χ1) is 11.7. The van der Waals surface area contributed by atoms with Gasteiger partial charge in [0.25, 0.3) is 11.8 Å². The van der Waals surface area contributed by atoms with Gasteiger partial charge < -0.3 is 10.2 Å². The summed E-state index contributed by atoms with van der Waals surface area (Å²) in [4.78, 5) is 27.6. The summed E-state index contributed by atoms with van der Waals surface area (Å²) in [5.74, 6) is -1.35. The number of rotatable bonds is 2. The number of piperazine rings is 1. The maximum atomic E-state index is 12.7. The molecule has 134 valence electrons. The molecule has 0 spiro atoms. The second-order valence-electron chi connectivity index (χ2n) is 5.95. The van der Waals surface area contributed by atoms with Gasteiger partial charge in [-0.1, -0.05) is 11.6 Å². The maximum absolute atomic E-state index is 12.7. The predicted molar refractivity (Wildman–Crippen MR) is 85.9 cm³/mol. The third kappa shape index (κ3) is 3.23. The minimum absolute atomic E-state index is 0.0549. The molecule has 0 radical (unpaired) electrons. The first-order valence-electron chi connectivity index (χ1n) is 7.64. The van der Waals surface area contributed by atoms with Gasteiger partial charge in [-0.3, -0.25) is 9.59 Å². The molecule has 2 amide bonds. The van der Waals surface area contributed by atoms with Crippen LogP contribution in [0.2, 0.25) is 0 Å². The molecule has 1 saturated heterocycles. The van der Waals surface area contributed by atoms with Crippen LogP contribution in [0.1, 0.15) is 12.5 Å². The summed E-state index contributed by atoms with van der Waals surface area (Å²) in [6.07, 6.45) is -4.49. The number of hydrogen-bond donors (Lipinski definition) is 1. The van der Waals surface area contributed by atoms with Crippen LogP contribution in [-0.4, -0.2) is 42.4 Å². The van der Waals surface area contributed by atoms with E-state index >= 15 is 0 Å². The molecule has 1 fully saturated rings. The van der Waals surface area contributed by atoms with Gasteiger partial charge in [-0.2, -0.15) is 13.2 Å². The number of nitrogens with zero attached hydrogens (tertiary/aromatic N) is 2. The van der Waals surface area contributed by atoms with E-state index in [1.807, 2.05) is 6.92 Å². The lowest BCUT2D eigenvalue weighted by Gasteiger charge is -2.33. The molecule has 9 heteroatoms. The van der Waals surface area contributed by atoms with Crippen LogP contribution in [0.15, 0.2) is 35.0 Å². The molecule has 2 aliphatic rings. The van der Waals surface area contributed by atoms with Crippen LogP contribution in [-0.2, 0) is 15.8 Å². The Morgan fingerprint density at radius 3 is 2.36 bits per heavy atom. The Hall–Kier alpha value is -2.06. The molecule has 2 aliphatic heterocycles. The second-order valence-corrected chi connectivity index (χ2v) is 6.33. The molecule has 0 aliphatic carbocycles. The van der Waals surface area contributed by atoms with Gasteiger partial charge in [-0.25, -0.2) is 4.90 Å². The Bertz CT molecular complexity index is 746. The number of nitrogens with one attached hydrogen (secondary N) is 1. The van der Waals surface area contributed by atoms with Crippen molar-refractivity contribution in [2.75, 3.05) is 24.5 Å². The van der Waals surface area contributed by atoms with Crippen molar-refractivity contribution >= 4 is 29.1 Å². The molecule has 0 aromatic heterocycles. The average molecular weight is 374 g/mol. The second kappa shape index (κ2) is 6.34. The number of halogens is 4. The highest BCUT2D eigenvalue weighted by atomic mass is 35.5. The van der Waals surface area contributed by atoms with Crippen molar-refractivity contribution in [1.82, 2.24) is 10.2 Å². The van der Waals surface area contributed by atoms with E-state index in [0.29, 0.717) is 19.6 Å². The fourth-order valence-electron chi connectivity index (χ4n) is 2.93. The fraction of sp³-hybridized carbons (Fsp3) is 0.375. The summed E-state index contributed by atoms with van der Waals surface area (Å²) in [6.45, 7) is 3.59. The molecule has 25 heavy (non-hydrogen) atoms. The van der Waals surface area contributed by atoms with Gasteiger partial charge in [0, 0.05) is 25.7 Å². The van der Waals surface area contributed by atoms with Crippen LogP contribution in [0.4, 0.5) is 18.9 Å². The summed E-state index contributed by atoms with van der Waals surface area (Å²) in [7, 11) is 0. The van der Waals surface area contributed by atoms with Crippen LogP contribution in [0.25, 0.3) is 0 Å². The van der Waals surface area contributed by atoms with E-state index in [1.54, 1.807) is 4.90 Å². The van der Waals surface area contributed by atoms with Gasteiger partial charge >= 0.3 is 6.18 Å². The van der Waals surface area contributed by atoms with Crippen molar-refractivity contribution in [3.63, 3.8) is 0 Å². The molecule has 1 atom stereocenters. The summed E-state index contributed by atoms with van der Waals surface area (Å²) in [5.41, 5.74) is -0.704. The van der Waals surface area contributed by atoms with E-state index in [-0.39, 0.29) is 22.5 Å². The minimum Gasteiger partial charge on any atom is -0.363 e. The Morgan fingerprint density at radius 1 is 1.16 bits per heavy atom. The third-order valence-corrected chi connectivity index (χ3v) is 4.48. The molecule has 0 bridgehead atoms. The first-order valence-corrected chi connectivity index (χ1v) is 8.02. The summed E-state index contributed by atoms with van der Waals surface area (Å²) < 4.78 is 38.0. The van der Waals surface area contributed by atoms with Crippen molar-refractivity contribution in [2.45, 2.75) is 19.1 Å². The standard InChI is InChI=1S/C16H15ClF3N3O2/c1-9-8-22(7-6-21-9)13-12(17)14(24)23(15(13)25)11-4-2-10(3-5-11)16(18,19)20/h2-5,9,21H,6-8H2,1H3/t9-/m1/s1. The molecule has 2 heterocycles. The van der Waals surface area contributed by atoms with Crippen LogP contribution < -0.4 is 10.2 Å². The Labute approximate surface area is 147 Å². The molecule has 0 saturated carbocycles. The zero-order chi connectivity index (χ0) is 18.4. The molecule has 1 N–H and O–H groups in total. The Morgan fingerprint density at radius 2 is 1.80 bits per heavy atom. The van der Waals surface area contributed by atoms with Gasteiger partial charge in [0.2, 0.25) is 0 Å². The number of alkyl halides is 3. The van der Waals surface area contributed by atoms with E-state index in [1.165, 1.54) is 0 Å². The number of hydrogen-bond acceptors (Lipinski definition) is 4. The number of imide groups is 1. The molecule has 3 rings (SSSR count). The normalized spacial score (nSPS) is 22.2. The lowest BCUT2D eigenvalue weighted by Crippen LogP contribution is -2.50. The van der Waals surface area contributed by atoms with E-state index in [2.05, 4.69) is 5.32 Å². The van der Waals surface area contributed by atoms with Crippen molar-refractivity contribution in [2.24, 2.45) is 0 Å². The van der Waals surface area contributed by atoms with E-state index in [0.717, 1.165) is 29.2 Å². The lowest BCUT2D eigenvalue weighted by molar-refractivity contribution is -0.137. The number of anilines is 1. The molecule has 1 aromatic carbocycles. The molecule has 0 unspecified atom stereocenters. The van der Waals surface area contributed by atoms with Crippen LogP contribution in [0.3, 0.4) is 0 Å². The van der Waals surface area contributed by atoms with Gasteiger partial charge in [0.15, 0.2) is 0 Å². The summed E-state index contributed by atoms with van der Waals surface area (Å²) in [5, 5.41) is 3.01. The van der Waals surface area contributed by atoms with E-state index in [4.69, 9.17) is 11.6 Å². The largest absolute Gasteiger partial charge is 0.416 e. The first kappa shape index (κ1) is 17.8. The summed E-state index contributed by atoms with van der Waals surface area (Å²) >= 11 is 6.08. The van der Waals surface area contributed by atoms with Gasteiger partial charge in [0.1, 0.15) is 10.7 Å². The number of benzene rings is 1. The van der Waals surface area contributed by atoms with Crippen molar-refractivity contribution < 1.29 is 22.8 Å². The monoisotopic (exact) mass is 373 g/mol. The van der Waals surface area contributed by atoms with Crippen molar-refractivity contribution in [3.05, 3.63) is 40.6 Å². The molecule has 5 nitrogen and oxygen atoms in total. The topological polar surface area (TPSA) is 52.7 Å². The molecular formula is C16H15ClF3N3O2. The Balaban J connectivity index is 1.88. The van der Waals surface area contributed by atoms with Crippen LogP contribution in [0.5, 0.6) is 0 Å². The lowest BCUT2D eigenvalue weighted by atomic mass is 10.2. The van der Waals surface area contributed by atoms with E-state index < -0.39 is 23.6 Å². The molecule has 1 aromatic rings. The van der Waals surface area contributed by atoms with Crippen LogP contribution >= 0.6 is 11.6 Å². The highest BCUT2D eigenvalue weighted by Gasteiger charge is 2.42. The highest BCUT2D eigenvalue weighted by molar-refractivity contribution is 6.52. The SMILES string of the molecule is C[C@@H]1CN(C2=C(Cl)C(=O)N(c3ccc(C(F)(F)F)cc3)C2=O)CCN1. The number of amides is 2. The quantitative estimate of drug-likeness (QED) is 0.808. The maximum Gasteiger partial charge on any atom is 0.416 e. The average Bonchev–Trinajstić information content (AvgIpc) is 2.76. The van der Waals surface area contributed by atoms with Gasteiger partial charge in [-0.05, 0) is 31.2 Å². The van der Waals surface area contributed by atoms with Gasteiger partial charge in [-0.15, -0.1) is 0 Å². The molecular weight excluding hydrogens is 359 g/mol. The van der Waals surface area contributed by atoms with Gasteiger partial charge in [0.05, 0.1) is 11.3 Å². The highest BCUT2D eigenvalue weighted by Crippen LogP contribution is 2.34. The minimum atomic E-state index is -4.49. The zero-order valence-electron chi connectivity index (χ0n) is 13.2. The predicted octanol–water partition coefficient (Wildman–Crippen LogP) is 2.32. The Kier molecular flexibility index (Phi) is 4.51. The van der Waals surface area contributed by atoms with Crippen molar-refractivity contribution in [1.29, 1.82) is 0 Å². The van der Waals surface area contributed by atoms with Crippen LogP contribution in [0, 0.1) is 0 Å². The van der Waals surface area contributed by atoms with Crippen molar-refractivity contribution in [3.8, 4) is 0 Å². The zero-order valence-corrected chi connectivity index (χ0v) is 14.0.